The summed E-state index contributed by atoms with van der Waals surface area (Å²) in [6.45, 7) is 6.21. The Hall–Kier alpha value is -0.910. The average molecular weight is 337 g/mol. The van der Waals surface area contributed by atoms with Gasteiger partial charge in [-0.25, -0.2) is 8.42 Å². The summed E-state index contributed by atoms with van der Waals surface area (Å²) >= 11 is 0. The van der Waals surface area contributed by atoms with Crippen LogP contribution in [0.5, 0.6) is 0 Å². The molecule has 0 aromatic heterocycles. The molecule has 5 heteroatoms. The second-order valence-electron chi connectivity index (χ2n) is 6.87. The van der Waals surface area contributed by atoms with Crippen LogP contribution < -0.4 is 0 Å². The average Bonchev–Trinajstić information content (AvgIpc) is 2.86. The predicted octanol–water partition coefficient (Wildman–Crippen LogP) is 1.81. The van der Waals surface area contributed by atoms with Gasteiger partial charge in [-0.3, -0.25) is 9.80 Å². The van der Waals surface area contributed by atoms with Crippen molar-refractivity contribution in [3.8, 4) is 0 Å². The normalized spacial score (nSPS) is 27.9. The van der Waals surface area contributed by atoms with Crippen molar-refractivity contribution in [3.63, 3.8) is 0 Å². The highest BCUT2D eigenvalue weighted by molar-refractivity contribution is 7.91. The molecule has 0 radical (unpaired) electrons. The first-order chi connectivity index (χ1) is 11.1. The fourth-order valence-corrected chi connectivity index (χ4v) is 6.11. The number of hydrogen-bond donors (Lipinski definition) is 0. The summed E-state index contributed by atoms with van der Waals surface area (Å²) in [7, 11) is -2.87. The highest BCUT2D eigenvalue weighted by Gasteiger charge is 2.45. The van der Waals surface area contributed by atoms with Crippen LogP contribution >= 0.6 is 0 Å². The monoisotopic (exact) mass is 336 g/mol. The zero-order valence-electron chi connectivity index (χ0n) is 14.0. The standard InChI is InChI=1S/C18H28N2O2S/c1-2-10-19-12-13-20(18-15-23(21,22)14-17(18)19)11-6-9-16-7-4-3-5-8-16/h3-5,7-8,17-18H,2,6,9-15H2,1H3/t17-,18+/m0/s1. The van der Waals surface area contributed by atoms with Crippen LogP contribution in [0.15, 0.2) is 30.3 Å². The molecule has 2 aliphatic rings. The molecule has 1 aromatic rings. The van der Waals surface area contributed by atoms with Crippen molar-refractivity contribution >= 4 is 9.84 Å². The van der Waals surface area contributed by atoms with Gasteiger partial charge in [0.2, 0.25) is 0 Å². The summed E-state index contributed by atoms with van der Waals surface area (Å²) in [5.41, 5.74) is 1.37. The van der Waals surface area contributed by atoms with E-state index >= 15 is 0 Å². The predicted molar refractivity (Wildman–Crippen MR) is 94.4 cm³/mol. The van der Waals surface area contributed by atoms with Crippen molar-refractivity contribution in [2.75, 3.05) is 37.7 Å². The minimum absolute atomic E-state index is 0.205. The third kappa shape index (κ3) is 4.14. The molecule has 2 aliphatic heterocycles. The van der Waals surface area contributed by atoms with Gasteiger partial charge in [0.1, 0.15) is 0 Å². The number of aryl methyl sites for hydroxylation is 1. The summed E-state index contributed by atoms with van der Waals surface area (Å²) in [6, 6.07) is 11.0. The lowest BCUT2D eigenvalue weighted by Gasteiger charge is -2.44. The molecule has 2 fully saturated rings. The van der Waals surface area contributed by atoms with Gasteiger partial charge in [0, 0.05) is 25.2 Å². The van der Waals surface area contributed by atoms with Gasteiger partial charge in [0.15, 0.2) is 9.84 Å². The van der Waals surface area contributed by atoms with Gasteiger partial charge in [-0.05, 0) is 37.9 Å². The summed E-state index contributed by atoms with van der Waals surface area (Å²) in [6.07, 6.45) is 3.26. The highest BCUT2D eigenvalue weighted by Crippen LogP contribution is 2.27. The van der Waals surface area contributed by atoms with Crippen LogP contribution in [0.4, 0.5) is 0 Å². The van der Waals surface area contributed by atoms with E-state index in [2.05, 4.69) is 41.0 Å². The number of hydrogen-bond acceptors (Lipinski definition) is 4. The van der Waals surface area contributed by atoms with Crippen LogP contribution in [0.3, 0.4) is 0 Å². The van der Waals surface area contributed by atoms with Gasteiger partial charge in [-0.15, -0.1) is 0 Å². The SMILES string of the molecule is CCCN1CCN(CCCc2ccccc2)[C@@H]2CS(=O)(=O)C[C@@H]21. The van der Waals surface area contributed by atoms with E-state index in [1.54, 1.807) is 0 Å². The third-order valence-corrected chi connectivity index (χ3v) is 6.87. The summed E-state index contributed by atoms with van der Waals surface area (Å²) < 4.78 is 24.3. The van der Waals surface area contributed by atoms with Gasteiger partial charge < -0.3 is 0 Å². The Balaban J connectivity index is 1.59. The maximum atomic E-state index is 12.1. The van der Waals surface area contributed by atoms with E-state index in [0.717, 1.165) is 45.4 Å². The molecule has 0 spiro atoms. The van der Waals surface area contributed by atoms with Gasteiger partial charge >= 0.3 is 0 Å². The molecule has 2 saturated heterocycles. The lowest BCUT2D eigenvalue weighted by molar-refractivity contribution is 0.0450. The number of benzene rings is 1. The molecule has 0 unspecified atom stereocenters. The van der Waals surface area contributed by atoms with E-state index in [9.17, 15) is 8.42 Å². The Bertz CT molecular complexity index is 603. The van der Waals surface area contributed by atoms with Crippen LogP contribution in [0, 0.1) is 0 Å². The van der Waals surface area contributed by atoms with Crippen LogP contribution in [0.2, 0.25) is 0 Å². The second-order valence-corrected chi connectivity index (χ2v) is 9.03. The van der Waals surface area contributed by atoms with Crippen LogP contribution in [-0.2, 0) is 16.3 Å². The van der Waals surface area contributed by atoms with E-state index in [0.29, 0.717) is 11.5 Å². The number of sulfone groups is 1. The summed E-state index contributed by atoms with van der Waals surface area (Å²) in [4.78, 5) is 4.84. The Labute approximate surface area is 140 Å². The largest absolute Gasteiger partial charge is 0.297 e. The van der Waals surface area contributed by atoms with E-state index in [1.165, 1.54) is 5.56 Å². The first kappa shape index (κ1) is 16.9. The molecule has 128 valence electrons. The van der Waals surface area contributed by atoms with Crippen molar-refractivity contribution in [1.82, 2.24) is 9.80 Å². The van der Waals surface area contributed by atoms with Gasteiger partial charge in [-0.2, -0.15) is 0 Å². The zero-order valence-corrected chi connectivity index (χ0v) is 14.8. The van der Waals surface area contributed by atoms with Crippen molar-refractivity contribution in [1.29, 1.82) is 0 Å². The van der Waals surface area contributed by atoms with Crippen molar-refractivity contribution < 1.29 is 8.42 Å². The molecule has 2 atom stereocenters. The summed E-state index contributed by atoms with van der Waals surface area (Å²) in [5.74, 6) is 0.704. The van der Waals surface area contributed by atoms with E-state index < -0.39 is 9.84 Å². The number of fused-ring (bicyclic) bond motifs is 1. The Morgan fingerprint density at radius 1 is 1.00 bits per heavy atom. The molecule has 0 aliphatic carbocycles. The maximum Gasteiger partial charge on any atom is 0.153 e. The quantitative estimate of drug-likeness (QED) is 0.794. The second kappa shape index (κ2) is 7.32. The van der Waals surface area contributed by atoms with Crippen LogP contribution in [0.1, 0.15) is 25.3 Å². The molecule has 0 saturated carbocycles. The molecule has 3 rings (SSSR count). The zero-order chi connectivity index (χ0) is 16.3. The lowest BCUT2D eigenvalue weighted by Crippen LogP contribution is -2.59. The van der Waals surface area contributed by atoms with Crippen LogP contribution in [-0.4, -0.2) is 68.0 Å². The smallest absolute Gasteiger partial charge is 0.153 e. The molecule has 0 N–H and O–H groups in total. The first-order valence-electron chi connectivity index (χ1n) is 8.81. The highest BCUT2D eigenvalue weighted by atomic mass is 32.2. The van der Waals surface area contributed by atoms with Gasteiger partial charge in [0.05, 0.1) is 11.5 Å². The molecule has 4 nitrogen and oxygen atoms in total. The lowest BCUT2D eigenvalue weighted by atomic mass is 10.0. The molecular formula is C18H28N2O2S. The molecule has 0 bridgehead atoms. The van der Waals surface area contributed by atoms with E-state index in [-0.39, 0.29) is 12.1 Å². The van der Waals surface area contributed by atoms with Crippen molar-refractivity contribution in [2.24, 2.45) is 0 Å². The first-order valence-corrected chi connectivity index (χ1v) is 10.6. The molecule has 23 heavy (non-hydrogen) atoms. The summed E-state index contributed by atoms with van der Waals surface area (Å²) in [5, 5.41) is 0. The third-order valence-electron chi connectivity index (χ3n) is 5.17. The minimum atomic E-state index is -2.87. The Kier molecular flexibility index (Phi) is 5.39. The van der Waals surface area contributed by atoms with E-state index in [4.69, 9.17) is 0 Å². The van der Waals surface area contributed by atoms with Crippen molar-refractivity contribution in [2.45, 2.75) is 38.3 Å². The van der Waals surface area contributed by atoms with Gasteiger partial charge in [-0.1, -0.05) is 37.3 Å². The Morgan fingerprint density at radius 2 is 1.61 bits per heavy atom. The van der Waals surface area contributed by atoms with Crippen LogP contribution in [0.25, 0.3) is 0 Å². The molecule has 0 amide bonds. The number of rotatable bonds is 6. The number of piperazine rings is 1. The van der Waals surface area contributed by atoms with Crippen molar-refractivity contribution in [3.05, 3.63) is 35.9 Å². The fraction of sp³-hybridized carbons (Fsp3) is 0.667. The fourth-order valence-electron chi connectivity index (χ4n) is 4.07. The number of nitrogens with zero attached hydrogens (tertiary/aromatic N) is 2. The topological polar surface area (TPSA) is 40.6 Å². The molecule has 1 aromatic carbocycles. The minimum Gasteiger partial charge on any atom is -0.297 e. The Morgan fingerprint density at radius 3 is 2.22 bits per heavy atom. The maximum absolute atomic E-state index is 12.1. The molecule has 2 heterocycles. The van der Waals surface area contributed by atoms with Gasteiger partial charge in [0.25, 0.3) is 0 Å². The molecular weight excluding hydrogens is 308 g/mol. The van der Waals surface area contributed by atoms with E-state index in [1.807, 2.05) is 6.07 Å².